The van der Waals surface area contributed by atoms with Gasteiger partial charge in [-0.1, -0.05) is 60.7 Å². The highest BCUT2D eigenvalue weighted by Crippen LogP contribution is 2.19. The van der Waals surface area contributed by atoms with Gasteiger partial charge in [0.1, 0.15) is 0 Å². The fraction of sp³-hybridized carbons (Fsp3) is 0.417. The first-order chi connectivity index (χ1) is 14.2. The zero-order valence-corrected chi connectivity index (χ0v) is 17.1. The Labute approximate surface area is 173 Å². The van der Waals surface area contributed by atoms with Crippen LogP contribution in [0, 0.1) is 5.92 Å². The molecule has 0 aromatic heterocycles. The lowest BCUT2D eigenvalue weighted by Gasteiger charge is -2.33. The molecule has 1 aliphatic heterocycles. The van der Waals surface area contributed by atoms with Crippen LogP contribution in [-0.4, -0.2) is 47.9 Å². The van der Waals surface area contributed by atoms with Gasteiger partial charge in [0.05, 0.1) is 19.1 Å². The normalized spacial score (nSPS) is 16.6. The van der Waals surface area contributed by atoms with Gasteiger partial charge in [0.25, 0.3) is 0 Å². The summed E-state index contributed by atoms with van der Waals surface area (Å²) in [6.07, 6.45) is 1.63. The number of ether oxygens (including phenoxy) is 1. The van der Waals surface area contributed by atoms with Crippen molar-refractivity contribution < 1.29 is 14.3 Å². The Kier molecular flexibility index (Phi) is 7.82. The summed E-state index contributed by atoms with van der Waals surface area (Å²) in [6, 6.07) is 20.4. The molecule has 5 heteroatoms. The second-order valence-electron chi connectivity index (χ2n) is 7.55. The molecule has 29 heavy (non-hydrogen) atoms. The van der Waals surface area contributed by atoms with E-state index in [0.29, 0.717) is 39.3 Å². The van der Waals surface area contributed by atoms with E-state index in [1.165, 1.54) is 11.1 Å². The molecule has 0 saturated carbocycles. The lowest BCUT2D eigenvalue weighted by Crippen LogP contribution is -2.46. The van der Waals surface area contributed by atoms with Crippen LogP contribution in [-0.2, 0) is 27.4 Å². The number of carbonyl (C=O) groups is 2. The number of rotatable bonds is 8. The van der Waals surface area contributed by atoms with Gasteiger partial charge in [0, 0.05) is 26.2 Å². The van der Waals surface area contributed by atoms with Crippen molar-refractivity contribution in [1.29, 1.82) is 0 Å². The number of esters is 1. The van der Waals surface area contributed by atoms with Crippen LogP contribution in [0.3, 0.4) is 0 Å². The molecule has 154 valence electrons. The fourth-order valence-electron chi connectivity index (χ4n) is 3.80. The summed E-state index contributed by atoms with van der Waals surface area (Å²) in [5.41, 5.74) is 2.36. The summed E-state index contributed by atoms with van der Waals surface area (Å²) < 4.78 is 5.16. The maximum Gasteiger partial charge on any atom is 0.310 e. The maximum atomic E-state index is 13.0. The molecule has 1 saturated heterocycles. The highest BCUT2D eigenvalue weighted by atomic mass is 16.5. The highest BCUT2D eigenvalue weighted by Gasteiger charge is 2.29. The molecule has 5 nitrogen and oxygen atoms in total. The molecule has 1 amide bonds. The zero-order valence-electron chi connectivity index (χ0n) is 17.1. The Morgan fingerprint density at radius 2 is 1.59 bits per heavy atom. The average Bonchev–Trinajstić information content (AvgIpc) is 2.75. The van der Waals surface area contributed by atoms with E-state index >= 15 is 0 Å². The van der Waals surface area contributed by atoms with Gasteiger partial charge in [-0.2, -0.15) is 0 Å². The van der Waals surface area contributed by atoms with Crippen LogP contribution >= 0.6 is 0 Å². The van der Waals surface area contributed by atoms with E-state index < -0.39 is 0 Å². The minimum atomic E-state index is -0.204. The van der Waals surface area contributed by atoms with Crippen molar-refractivity contribution >= 4 is 11.9 Å². The molecule has 0 aliphatic carbocycles. The standard InChI is InChI=1S/C24H30N2O3/c1-2-29-24(28)22-14-9-15-26(18-22)23(27)19-25(16-20-10-5-3-6-11-20)17-21-12-7-4-8-13-21/h3-8,10-13,22H,2,9,14-19H2,1H3. The summed E-state index contributed by atoms with van der Waals surface area (Å²) in [4.78, 5) is 29.1. The summed E-state index contributed by atoms with van der Waals surface area (Å²) in [6.45, 7) is 5.11. The van der Waals surface area contributed by atoms with Crippen LogP contribution in [0.4, 0.5) is 0 Å². The lowest BCUT2D eigenvalue weighted by atomic mass is 9.98. The minimum absolute atomic E-state index is 0.0749. The average molecular weight is 395 g/mol. The monoisotopic (exact) mass is 394 g/mol. The lowest BCUT2D eigenvalue weighted by molar-refractivity contribution is -0.151. The van der Waals surface area contributed by atoms with E-state index in [0.717, 1.165) is 12.8 Å². The number of benzene rings is 2. The van der Waals surface area contributed by atoms with Crippen molar-refractivity contribution in [3.63, 3.8) is 0 Å². The first-order valence-electron chi connectivity index (χ1n) is 10.4. The van der Waals surface area contributed by atoms with Gasteiger partial charge in [0.2, 0.25) is 5.91 Å². The third kappa shape index (κ3) is 6.43. The molecule has 1 fully saturated rings. The van der Waals surface area contributed by atoms with E-state index in [4.69, 9.17) is 4.74 Å². The summed E-state index contributed by atoms with van der Waals surface area (Å²) in [5.74, 6) is -0.314. The van der Waals surface area contributed by atoms with Crippen molar-refractivity contribution in [2.24, 2.45) is 5.92 Å². The van der Waals surface area contributed by atoms with Gasteiger partial charge in [-0.3, -0.25) is 14.5 Å². The quantitative estimate of drug-likeness (QED) is 0.643. The van der Waals surface area contributed by atoms with Gasteiger partial charge in [-0.25, -0.2) is 0 Å². The van der Waals surface area contributed by atoms with E-state index in [1.54, 1.807) is 0 Å². The Morgan fingerprint density at radius 3 is 2.14 bits per heavy atom. The highest BCUT2D eigenvalue weighted by molar-refractivity contribution is 5.80. The van der Waals surface area contributed by atoms with Gasteiger partial charge in [0.15, 0.2) is 0 Å². The molecular formula is C24H30N2O3. The smallest absolute Gasteiger partial charge is 0.310 e. The number of carbonyl (C=O) groups excluding carboxylic acids is 2. The molecule has 1 heterocycles. The van der Waals surface area contributed by atoms with Crippen molar-refractivity contribution in [3.05, 3.63) is 71.8 Å². The Bertz CT molecular complexity index is 738. The van der Waals surface area contributed by atoms with Gasteiger partial charge in [-0.05, 0) is 30.9 Å². The molecule has 2 aromatic carbocycles. The fourth-order valence-corrected chi connectivity index (χ4v) is 3.80. The summed E-state index contributed by atoms with van der Waals surface area (Å²) >= 11 is 0. The largest absolute Gasteiger partial charge is 0.466 e. The number of hydrogen-bond acceptors (Lipinski definition) is 4. The number of likely N-dealkylation sites (tertiary alicyclic amines) is 1. The molecule has 0 bridgehead atoms. The Morgan fingerprint density at radius 1 is 1.00 bits per heavy atom. The van der Waals surface area contributed by atoms with E-state index in [-0.39, 0.29) is 17.8 Å². The number of hydrogen-bond donors (Lipinski definition) is 0. The molecule has 0 spiro atoms. The third-order valence-electron chi connectivity index (χ3n) is 5.25. The first-order valence-corrected chi connectivity index (χ1v) is 10.4. The molecule has 0 N–H and O–H groups in total. The van der Waals surface area contributed by atoms with Crippen LogP contribution < -0.4 is 0 Å². The molecule has 1 atom stereocenters. The second-order valence-corrected chi connectivity index (χ2v) is 7.55. The van der Waals surface area contributed by atoms with Gasteiger partial charge >= 0.3 is 5.97 Å². The number of nitrogens with zero attached hydrogens (tertiary/aromatic N) is 2. The van der Waals surface area contributed by atoms with E-state index in [9.17, 15) is 9.59 Å². The van der Waals surface area contributed by atoms with Crippen LogP contribution in [0.25, 0.3) is 0 Å². The maximum absolute atomic E-state index is 13.0. The van der Waals surface area contributed by atoms with Crippen molar-refractivity contribution in [3.8, 4) is 0 Å². The second kappa shape index (κ2) is 10.8. The predicted molar refractivity (Wildman–Crippen MR) is 113 cm³/mol. The number of amides is 1. The van der Waals surface area contributed by atoms with Gasteiger partial charge in [-0.15, -0.1) is 0 Å². The summed E-state index contributed by atoms with van der Waals surface area (Å²) in [7, 11) is 0. The molecule has 1 aliphatic rings. The molecule has 0 radical (unpaired) electrons. The topological polar surface area (TPSA) is 49.9 Å². The molecular weight excluding hydrogens is 364 g/mol. The Balaban J connectivity index is 1.65. The minimum Gasteiger partial charge on any atom is -0.466 e. The van der Waals surface area contributed by atoms with E-state index in [2.05, 4.69) is 29.2 Å². The SMILES string of the molecule is CCOC(=O)C1CCCN(C(=O)CN(Cc2ccccc2)Cc2ccccc2)C1. The van der Waals surface area contributed by atoms with E-state index in [1.807, 2.05) is 48.2 Å². The molecule has 2 aromatic rings. The molecule has 3 rings (SSSR count). The van der Waals surface area contributed by atoms with Crippen molar-refractivity contribution in [1.82, 2.24) is 9.80 Å². The summed E-state index contributed by atoms with van der Waals surface area (Å²) in [5, 5.41) is 0. The molecule has 1 unspecified atom stereocenters. The van der Waals surface area contributed by atoms with Gasteiger partial charge < -0.3 is 9.64 Å². The first kappa shape index (κ1) is 21.1. The predicted octanol–water partition coefficient (Wildman–Crippen LogP) is 3.49. The van der Waals surface area contributed by atoms with Crippen LogP contribution in [0.2, 0.25) is 0 Å². The Hall–Kier alpha value is -2.66. The zero-order chi connectivity index (χ0) is 20.5. The van der Waals surface area contributed by atoms with Crippen LogP contribution in [0.1, 0.15) is 30.9 Å². The third-order valence-corrected chi connectivity index (χ3v) is 5.25. The van der Waals surface area contributed by atoms with Crippen molar-refractivity contribution in [2.45, 2.75) is 32.9 Å². The van der Waals surface area contributed by atoms with Crippen LogP contribution in [0.15, 0.2) is 60.7 Å². The number of piperidine rings is 1. The van der Waals surface area contributed by atoms with Crippen molar-refractivity contribution in [2.75, 3.05) is 26.2 Å². The van der Waals surface area contributed by atoms with Crippen LogP contribution in [0.5, 0.6) is 0 Å².